The van der Waals surface area contributed by atoms with E-state index in [9.17, 15) is 4.39 Å². The van der Waals surface area contributed by atoms with E-state index in [1.54, 1.807) is 0 Å². The molecule has 2 heteroatoms. The molecule has 0 aromatic heterocycles. The fraction of sp³-hybridized carbons (Fsp3) is 0.333. The van der Waals surface area contributed by atoms with Gasteiger partial charge in [-0.1, -0.05) is 50.2 Å². The summed E-state index contributed by atoms with van der Waals surface area (Å²) in [7, 11) is 2.01. The molecule has 1 nitrogen and oxygen atoms in total. The van der Waals surface area contributed by atoms with Gasteiger partial charge in [0.1, 0.15) is 5.82 Å². The first-order chi connectivity index (χ1) is 9.60. The van der Waals surface area contributed by atoms with Gasteiger partial charge in [0.2, 0.25) is 0 Å². The first kappa shape index (κ1) is 14.7. The van der Waals surface area contributed by atoms with Gasteiger partial charge in [-0.3, -0.25) is 0 Å². The van der Waals surface area contributed by atoms with E-state index in [1.165, 1.54) is 17.7 Å². The van der Waals surface area contributed by atoms with Gasteiger partial charge in [0, 0.05) is 6.04 Å². The smallest absolute Gasteiger partial charge is 0.123 e. The number of hydrogen-bond donors (Lipinski definition) is 1. The van der Waals surface area contributed by atoms with Crippen molar-refractivity contribution in [3.05, 3.63) is 59.9 Å². The van der Waals surface area contributed by atoms with Crippen LogP contribution in [-0.2, 0) is 6.42 Å². The van der Waals surface area contributed by atoms with Gasteiger partial charge < -0.3 is 5.32 Å². The van der Waals surface area contributed by atoms with E-state index in [-0.39, 0.29) is 5.82 Å². The molecule has 0 heterocycles. The monoisotopic (exact) mass is 271 g/mol. The maximum Gasteiger partial charge on any atom is 0.123 e. The van der Waals surface area contributed by atoms with Gasteiger partial charge in [-0.25, -0.2) is 4.39 Å². The molecule has 0 bridgehead atoms. The van der Waals surface area contributed by atoms with E-state index >= 15 is 0 Å². The van der Waals surface area contributed by atoms with Crippen LogP contribution in [0.2, 0.25) is 0 Å². The van der Waals surface area contributed by atoms with Gasteiger partial charge in [0.05, 0.1) is 0 Å². The van der Waals surface area contributed by atoms with Gasteiger partial charge in [-0.15, -0.1) is 0 Å². The second kappa shape index (κ2) is 6.67. The maximum absolute atomic E-state index is 12.9. The zero-order valence-electron chi connectivity index (χ0n) is 12.4. The molecule has 2 aromatic carbocycles. The summed E-state index contributed by atoms with van der Waals surface area (Å²) in [5.41, 5.74) is 3.50. The van der Waals surface area contributed by atoms with Gasteiger partial charge in [-0.05, 0) is 48.2 Å². The van der Waals surface area contributed by atoms with Crippen LogP contribution in [0.5, 0.6) is 0 Å². The van der Waals surface area contributed by atoms with Crippen molar-refractivity contribution in [1.82, 2.24) is 5.32 Å². The number of rotatable bonds is 5. The largest absolute Gasteiger partial charge is 0.316 e. The van der Waals surface area contributed by atoms with Crippen LogP contribution in [0.25, 0.3) is 11.1 Å². The number of likely N-dealkylation sites (N-methyl/N-ethyl adjacent to an activating group) is 1. The van der Waals surface area contributed by atoms with Crippen LogP contribution in [0.4, 0.5) is 4.39 Å². The van der Waals surface area contributed by atoms with Gasteiger partial charge in [0.25, 0.3) is 0 Å². The normalized spacial score (nSPS) is 12.7. The van der Waals surface area contributed by atoms with Crippen LogP contribution in [-0.4, -0.2) is 13.1 Å². The predicted molar refractivity (Wildman–Crippen MR) is 83.2 cm³/mol. The van der Waals surface area contributed by atoms with E-state index < -0.39 is 0 Å². The zero-order valence-corrected chi connectivity index (χ0v) is 12.4. The van der Waals surface area contributed by atoms with Crippen molar-refractivity contribution in [2.45, 2.75) is 26.3 Å². The number of nitrogens with one attached hydrogen (secondary N) is 1. The van der Waals surface area contributed by atoms with Crippen molar-refractivity contribution in [2.24, 2.45) is 5.92 Å². The summed E-state index contributed by atoms with van der Waals surface area (Å²) in [6.45, 7) is 4.46. The summed E-state index contributed by atoms with van der Waals surface area (Å²) in [5.74, 6) is 0.413. The molecule has 2 aromatic rings. The van der Waals surface area contributed by atoms with E-state index in [0.29, 0.717) is 12.0 Å². The molecule has 0 radical (unpaired) electrons. The van der Waals surface area contributed by atoms with E-state index in [2.05, 4.69) is 43.4 Å². The molecule has 0 aliphatic rings. The molecule has 0 amide bonds. The summed E-state index contributed by atoms with van der Waals surface area (Å²) in [6, 6.07) is 15.6. The third-order valence-electron chi connectivity index (χ3n) is 3.76. The highest BCUT2D eigenvalue weighted by molar-refractivity contribution is 5.63. The number of halogens is 1. The summed E-state index contributed by atoms with van der Waals surface area (Å²) in [5, 5.41) is 3.36. The zero-order chi connectivity index (χ0) is 14.5. The Morgan fingerprint density at radius 2 is 1.40 bits per heavy atom. The lowest BCUT2D eigenvalue weighted by Gasteiger charge is -2.20. The fourth-order valence-corrected chi connectivity index (χ4v) is 2.40. The van der Waals surface area contributed by atoms with E-state index in [1.807, 2.05) is 19.2 Å². The van der Waals surface area contributed by atoms with Crippen LogP contribution in [0, 0.1) is 11.7 Å². The Bertz CT molecular complexity index is 528. The van der Waals surface area contributed by atoms with Crippen molar-refractivity contribution in [2.75, 3.05) is 7.05 Å². The highest BCUT2D eigenvalue weighted by Gasteiger charge is 2.11. The Morgan fingerprint density at radius 3 is 1.85 bits per heavy atom. The lowest BCUT2D eigenvalue weighted by atomic mass is 9.95. The molecular weight excluding hydrogens is 249 g/mol. The van der Waals surface area contributed by atoms with Crippen molar-refractivity contribution < 1.29 is 4.39 Å². The standard InChI is InChI=1S/C18H22FN/c1-13(2)18(20-3)12-14-4-6-15(7-5-14)16-8-10-17(19)11-9-16/h4-11,13,18,20H,12H2,1-3H3. The Kier molecular flexibility index (Phi) is 4.91. The number of benzene rings is 2. The molecule has 1 atom stereocenters. The summed E-state index contributed by atoms with van der Waals surface area (Å²) in [4.78, 5) is 0. The second-order valence-electron chi connectivity index (χ2n) is 5.55. The molecule has 0 spiro atoms. The number of hydrogen-bond acceptors (Lipinski definition) is 1. The minimum absolute atomic E-state index is 0.195. The summed E-state index contributed by atoms with van der Waals surface area (Å²) >= 11 is 0. The van der Waals surface area contributed by atoms with Crippen LogP contribution < -0.4 is 5.32 Å². The van der Waals surface area contributed by atoms with Crippen molar-refractivity contribution in [3.8, 4) is 11.1 Å². The minimum Gasteiger partial charge on any atom is -0.316 e. The molecular formula is C18H22FN. The molecule has 0 fully saturated rings. The Balaban J connectivity index is 2.12. The van der Waals surface area contributed by atoms with Gasteiger partial charge >= 0.3 is 0 Å². The molecule has 2 rings (SSSR count). The van der Waals surface area contributed by atoms with Crippen LogP contribution >= 0.6 is 0 Å². The Hall–Kier alpha value is -1.67. The topological polar surface area (TPSA) is 12.0 Å². The minimum atomic E-state index is -0.195. The summed E-state index contributed by atoms with van der Waals surface area (Å²) < 4.78 is 12.9. The highest BCUT2D eigenvalue weighted by Crippen LogP contribution is 2.21. The molecule has 1 unspecified atom stereocenters. The molecule has 0 aliphatic heterocycles. The lowest BCUT2D eigenvalue weighted by molar-refractivity contribution is 0.424. The molecule has 0 aliphatic carbocycles. The highest BCUT2D eigenvalue weighted by atomic mass is 19.1. The van der Waals surface area contributed by atoms with Crippen molar-refractivity contribution in [3.63, 3.8) is 0 Å². The molecule has 20 heavy (non-hydrogen) atoms. The maximum atomic E-state index is 12.9. The lowest BCUT2D eigenvalue weighted by Crippen LogP contribution is -2.32. The summed E-state index contributed by atoms with van der Waals surface area (Å²) in [6.07, 6.45) is 1.03. The molecule has 0 saturated heterocycles. The average Bonchev–Trinajstić information content (AvgIpc) is 2.46. The van der Waals surface area contributed by atoms with Crippen LogP contribution in [0.15, 0.2) is 48.5 Å². The molecule has 0 saturated carbocycles. The third kappa shape index (κ3) is 3.67. The van der Waals surface area contributed by atoms with Gasteiger partial charge in [0.15, 0.2) is 0 Å². The SMILES string of the molecule is CNC(Cc1ccc(-c2ccc(F)cc2)cc1)C(C)C. The van der Waals surface area contributed by atoms with Crippen LogP contribution in [0.1, 0.15) is 19.4 Å². The Labute approximate surface area is 120 Å². The van der Waals surface area contributed by atoms with E-state index in [4.69, 9.17) is 0 Å². The first-order valence-corrected chi connectivity index (χ1v) is 7.12. The quantitative estimate of drug-likeness (QED) is 0.856. The Morgan fingerprint density at radius 1 is 0.900 bits per heavy atom. The van der Waals surface area contributed by atoms with Gasteiger partial charge in [-0.2, -0.15) is 0 Å². The third-order valence-corrected chi connectivity index (χ3v) is 3.76. The molecule has 1 N–H and O–H groups in total. The average molecular weight is 271 g/mol. The first-order valence-electron chi connectivity index (χ1n) is 7.12. The van der Waals surface area contributed by atoms with Crippen molar-refractivity contribution >= 4 is 0 Å². The van der Waals surface area contributed by atoms with Crippen molar-refractivity contribution in [1.29, 1.82) is 0 Å². The predicted octanol–water partition coefficient (Wildman–Crippen LogP) is 4.28. The second-order valence-corrected chi connectivity index (χ2v) is 5.55. The fourth-order valence-electron chi connectivity index (χ4n) is 2.40. The van der Waals surface area contributed by atoms with E-state index in [0.717, 1.165) is 17.5 Å². The molecule has 106 valence electrons. The van der Waals surface area contributed by atoms with Crippen LogP contribution in [0.3, 0.4) is 0 Å².